The molecule has 1 unspecified atom stereocenters. The molecule has 0 aliphatic rings. The fraction of sp³-hybridized carbons (Fsp3) is 0.438. The molecule has 0 radical (unpaired) electrons. The maximum Gasteiger partial charge on any atom is 0.330 e. The number of esters is 1. The Kier molecular flexibility index (Phi) is 7.87. The van der Waals surface area contributed by atoms with E-state index in [2.05, 4.69) is 10.1 Å². The van der Waals surface area contributed by atoms with Crippen LogP contribution in [0.1, 0.15) is 25.0 Å². The average molecular weight is 338 g/mol. The van der Waals surface area contributed by atoms with E-state index in [0.717, 1.165) is 5.56 Å². The molecule has 1 rings (SSSR count). The summed E-state index contributed by atoms with van der Waals surface area (Å²) in [6, 6.07) is 7.00. The highest BCUT2D eigenvalue weighted by Gasteiger charge is 2.26. The number of amides is 1. The van der Waals surface area contributed by atoms with Gasteiger partial charge in [-0.25, -0.2) is 4.79 Å². The lowest BCUT2D eigenvalue weighted by Crippen LogP contribution is -2.51. The first-order valence-electron chi connectivity index (χ1n) is 7.37. The van der Waals surface area contributed by atoms with Gasteiger partial charge in [-0.2, -0.15) is 0 Å². The Balaban J connectivity index is 2.64. The van der Waals surface area contributed by atoms with Crippen LogP contribution in [0.2, 0.25) is 0 Å². The molecule has 0 bridgehead atoms. The second-order valence-corrected chi connectivity index (χ2v) is 5.17. The lowest BCUT2D eigenvalue weighted by Gasteiger charge is -2.21. The van der Waals surface area contributed by atoms with Gasteiger partial charge in [-0.1, -0.05) is 30.3 Å². The first-order valence-corrected chi connectivity index (χ1v) is 7.37. The summed E-state index contributed by atoms with van der Waals surface area (Å²) < 4.78 is 10.2. The number of ether oxygens (including phenoxy) is 2. The Morgan fingerprint density at radius 1 is 1.25 bits per heavy atom. The number of benzene rings is 1. The number of aliphatic carboxylic acids is 1. The Morgan fingerprint density at radius 3 is 2.42 bits per heavy atom. The first-order chi connectivity index (χ1) is 11.3. The van der Waals surface area contributed by atoms with E-state index in [1.165, 1.54) is 7.11 Å². The number of carbonyl (C=O) groups excluding carboxylic acids is 2. The summed E-state index contributed by atoms with van der Waals surface area (Å²) >= 11 is 0. The van der Waals surface area contributed by atoms with Gasteiger partial charge in [0, 0.05) is 0 Å². The van der Waals surface area contributed by atoms with Gasteiger partial charge in [-0.15, -0.1) is 0 Å². The topological polar surface area (TPSA) is 128 Å². The number of carboxylic acid groups (broad SMARTS) is 1. The van der Waals surface area contributed by atoms with Gasteiger partial charge in [0.25, 0.3) is 0 Å². The van der Waals surface area contributed by atoms with Crippen molar-refractivity contribution in [1.29, 1.82) is 0 Å². The highest BCUT2D eigenvalue weighted by Crippen LogP contribution is 2.16. The normalized spacial score (nSPS) is 14.3. The van der Waals surface area contributed by atoms with Crippen LogP contribution in [0.25, 0.3) is 0 Å². The molecule has 1 aromatic rings. The van der Waals surface area contributed by atoms with Crippen LogP contribution in [0.5, 0.6) is 0 Å². The molecular formula is C16H22N2O6. The maximum atomic E-state index is 11.9. The SMILES string of the molecule is COC(=O)[C@H](COC(C)c1ccccc1)NC(=O)[C@@H](N)CC(=O)O. The lowest BCUT2D eigenvalue weighted by molar-refractivity contribution is -0.147. The summed E-state index contributed by atoms with van der Waals surface area (Å²) in [7, 11) is 1.18. The predicted octanol–water partition coefficient (Wildman–Crippen LogP) is 0.224. The molecule has 1 amide bonds. The van der Waals surface area contributed by atoms with Gasteiger partial charge in [0.05, 0.1) is 32.3 Å². The number of hydrogen-bond acceptors (Lipinski definition) is 6. The zero-order valence-corrected chi connectivity index (χ0v) is 13.6. The third-order valence-electron chi connectivity index (χ3n) is 3.32. The molecule has 8 heteroatoms. The summed E-state index contributed by atoms with van der Waals surface area (Å²) in [6.45, 7) is 1.68. The highest BCUT2D eigenvalue weighted by atomic mass is 16.5. The van der Waals surface area contributed by atoms with Gasteiger partial charge >= 0.3 is 11.9 Å². The fourth-order valence-electron chi connectivity index (χ4n) is 1.93. The van der Waals surface area contributed by atoms with E-state index in [1.54, 1.807) is 0 Å². The molecule has 3 atom stereocenters. The van der Waals surface area contributed by atoms with Crippen molar-refractivity contribution in [3.8, 4) is 0 Å². The molecule has 132 valence electrons. The molecule has 0 saturated carbocycles. The van der Waals surface area contributed by atoms with E-state index in [0.29, 0.717) is 0 Å². The van der Waals surface area contributed by atoms with Crippen molar-refractivity contribution in [3.05, 3.63) is 35.9 Å². The second-order valence-electron chi connectivity index (χ2n) is 5.17. The lowest BCUT2D eigenvalue weighted by atomic mass is 10.1. The number of nitrogens with two attached hydrogens (primary N) is 1. The van der Waals surface area contributed by atoms with E-state index < -0.39 is 36.4 Å². The van der Waals surface area contributed by atoms with Gasteiger partial charge in [-0.3, -0.25) is 9.59 Å². The Bertz CT molecular complexity index is 563. The van der Waals surface area contributed by atoms with E-state index in [9.17, 15) is 14.4 Å². The van der Waals surface area contributed by atoms with Crippen LogP contribution in [-0.4, -0.2) is 48.8 Å². The van der Waals surface area contributed by atoms with Gasteiger partial charge in [-0.05, 0) is 12.5 Å². The molecule has 0 aliphatic carbocycles. The molecule has 0 heterocycles. The van der Waals surface area contributed by atoms with Crippen molar-refractivity contribution >= 4 is 17.8 Å². The van der Waals surface area contributed by atoms with Crippen LogP contribution in [0.15, 0.2) is 30.3 Å². The first kappa shape index (κ1) is 19.6. The summed E-state index contributed by atoms with van der Waals surface area (Å²) in [5.74, 6) is -2.67. The summed E-state index contributed by atoms with van der Waals surface area (Å²) in [6.07, 6.45) is -0.843. The molecule has 0 aromatic heterocycles. The third-order valence-corrected chi connectivity index (χ3v) is 3.32. The average Bonchev–Trinajstić information content (AvgIpc) is 2.57. The van der Waals surface area contributed by atoms with Crippen molar-refractivity contribution in [3.63, 3.8) is 0 Å². The Hall–Kier alpha value is -2.45. The molecule has 0 aliphatic heterocycles. The van der Waals surface area contributed by atoms with Crippen molar-refractivity contribution in [2.75, 3.05) is 13.7 Å². The van der Waals surface area contributed by atoms with Crippen LogP contribution in [0, 0.1) is 0 Å². The van der Waals surface area contributed by atoms with Crippen LogP contribution in [0.4, 0.5) is 0 Å². The molecule has 0 saturated heterocycles. The monoisotopic (exact) mass is 338 g/mol. The summed E-state index contributed by atoms with van der Waals surface area (Å²) in [5, 5.41) is 11.0. The molecule has 0 spiro atoms. The van der Waals surface area contributed by atoms with Crippen LogP contribution < -0.4 is 11.1 Å². The molecule has 4 N–H and O–H groups in total. The number of carboxylic acids is 1. The fourth-order valence-corrected chi connectivity index (χ4v) is 1.93. The number of methoxy groups -OCH3 is 1. The van der Waals surface area contributed by atoms with Crippen molar-refractivity contribution in [2.45, 2.75) is 31.5 Å². The molecule has 0 fully saturated rings. The van der Waals surface area contributed by atoms with Crippen molar-refractivity contribution < 1.29 is 29.0 Å². The standard InChI is InChI=1S/C16H22N2O6/c1-10(11-6-4-3-5-7-11)24-9-13(16(22)23-2)18-15(21)12(17)8-14(19)20/h3-7,10,12-13H,8-9,17H2,1-2H3,(H,18,21)(H,19,20)/t10?,12-,13-/m0/s1. The van der Waals surface area contributed by atoms with E-state index in [1.807, 2.05) is 37.3 Å². The molecular weight excluding hydrogens is 316 g/mol. The molecule has 8 nitrogen and oxygen atoms in total. The zero-order valence-electron chi connectivity index (χ0n) is 13.6. The van der Waals surface area contributed by atoms with Crippen molar-refractivity contribution in [1.82, 2.24) is 5.32 Å². The van der Waals surface area contributed by atoms with Gasteiger partial charge in [0.15, 0.2) is 6.04 Å². The number of rotatable bonds is 9. The van der Waals surface area contributed by atoms with E-state index in [4.69, 9.17) is 15.6 Å². The van der Waals surface area contributed by atoms with Crippen LogP contribution >= 0.6 is 0 Å². The third kappa shape index (κ3) is 6.35. The summed E-state index contributed by atoms with van der Waals surface area (Å²) in [4.78, 5) is 34.2. The smallest absolute Gasteiger partial charge is 0.330 e. The quantitative estimate of drug-likeness (QED) is 0.550. The van der Waals surface area contributed by atoms with E-state index in [-0.39, 0.29) is 12.7 Å². The van der Waals surface area contributed by atoms with E-state index >= 15 is 0 Å². The summed E-state index contributed by atoms with van der Waals surface area (Å²) in [5.41, 5.74) is 6.38. The molecule has 1 aromatic carbocycles. The maximum absolute atomic E-state index is 11.9. The number of hydrogen-bond donors (Lipinski definition) is 3. The van der Waals surface area contributed by atoms with Gasteiger partial charge < -0.3 is 25.6 Å². The molecule has 24 heavy (non-hydrogen) atoms. The highest BCUT2D eigenvalue weighted by molar-refractivity contribution is 5.89. The minimum absolute atomic E-state index is 0.131. The van der Waals surface area contributed by atoms with Crippen LogP contribution in [0.3, 0.4) is 0 Å². The van der Waals surface area contributed by atoms with Crippen LogP contribution in [-0.2, 0) is 23.9 Å². The van der Waals surface area contributed by atoms with Crippen molar-refractivity contribution in [2.24, 2.45) is 5.73 Å². The van der Waals surface area contributed by atoms with Gasteiger partial charge in [0.2, 0.25) is 5.91 Å². The zero-order chi connectivity index (χ0) is 18.1. The number of nitrogens with one attached hydrogen (secondary N) is 1. The second kappa shape index (κ2) is 9.64. The Labute approximate surface area is 139 Å². The number of carbonyl (C=O) groups is 3. The largest absolute Gasteiger partial charge is 0.481 e. The Morgan fingerprint density at radius 2 is 1.88 bits per heavy atom. The minimum Gasteiger partial charge on any atom is -0.481 e. The minimum atomic E-state index is -1.26. The van der Waals surface area contributed by atoms with Gasteiger partial charge in [0.1, 0.15) is 0 Å². The predicted molar refractivity (Wildman–Crippen MR) is 85.0 cm³/mol.